The molecular formula is C22H26ClF3N2O4. The van der Waals surface area contributed by atoms with Gasteiger partial charge in [-0.3, -0.25) is 4.79 Å². The topological polar surface area (TPSA) is 59.1 Å². The molecule has 3 fully saturated rings. The molecule has 3 aliphatic rings. The van der Waals surface area contributed by atoms with Gasteiger partial charge in [0.2, 0.25) is 0 Å². The summed E-state index contributed by atoms with van der Waals surface area (Å²) in [5, 5.41) is -0.0685. The number of carbonyl (C=O) groups is 2. The van der Waals surface area contributed by atoms with E-state index >= 15 is 0 Å². The van der Waals surface area contributed by atoms with Gasteiger partial charge in [0.25, 0.3) is 0 Å². The van der Waals surface area contributed by atoms with Gasteiger partial charge in [-0.1, -0.05) is 11.6 Å². The molecule has 6 nitrogen and oxygen atoms in total. The molecule has 2 atom stereocenters. The lowest BCUT2D eigenvalue weighted by Crippen LogP contribution is -2.54. The molecule has 3 aliphatic heterocycles. The van der Waals surface area contributed by atoms with Crippen LogP contribution in [-0.4, -0.2) is 67.1 Å². The van der Waals surface area contributed by atoms with Gasteiger partial charge in [-0.2, -0.15) is 13.2 Å². The maximum absolute atomic E-state index is 12.9. The number of rotatable bonds is 3. The van der Waals surface area contributed by atoms with Crippen LogP contribution in [0, 0.1) is 11.8 Å². The van der Waals surface area contributed by atoms with E-state index in [2.05, 4.69) is 0 Å². The molecule has 1 aromatic rings. The number of carbonyl (C=O) groups excluding carboxylic acids is 2. The number of ketones is 1. The Morgan fingerprint density at radius 3 is 2.56 bits per heavy atom. The molecule has 32 heavy (non-hydrogen) atoms. The highest BCUT2D eigenvalue weighted by atomic mass is 35.5. The van der Waals surface area contributed by atoms with Crippen LogP contribution in [0.2, 0.25) is 5.02 Å². The van der Waals surface area contributed by atoms with Crippen molar-refractivity contribution in [3.63, 3.8) is 0 Å². The van der Waals surface area contributed by atoms with Gasteiger partial charge in [0.05, 0.1) is 23.3 Å². The second-order valence-electron chi connectivity index (χ2n) is 8.75. The Kier molecular flexibility index (Phi) is 6.86. The summed E-state index contributed by atoms with van der Waals surface area (Å²) in [5.41, 5.74) is -0.810. The number of alkyl halides is 3. The number of ether oxygens (including phenoxy) is 2. The number of piperidine rings is 2. The normalized spacial score (nSPS) is 24.9. The van der Waals surface area contributed by atoms with Crippen molar-refractivity contribution in [3.05, 3.63) is 28.8 Å². The van der Waals surface area contributed by atoms with Crippen LogP contribution >= 0.6 is 11.6 Å². The molecule has 10 heteroatoms. The summed E-state index contributed by atoms with van der Waals surface area (Å²) in [6, 6.07) is 3.06. The van der Waals surface area contributed by atoms with Crippen molar-refractivity contribution in [1.29, 1.82) is 0 Å². The fourth-order valence-corrected chi connectivity index (χ4v) is 4.88. The largest absolute Gasteiger partial charge is 0.492 e. The van der Waals surface area contributed by atoms with E-state index < -0.39 is 11.7 Å². The number of hydrogen-bond donors (Lipinski definition) is 0. The van der Waals surface area contributed by atoms with Crippen LogP contribution in [-0.2, 0) is 15.7 Å². The van der Waals surface area contributed by atoms with Crippen LogP contribution in [0.5, 0.6) is 5.75 Å². The average Bonchev–Trinajstić information content (AvgIpc) is 2.77. The molecule has 3 saturated heterocycles. The molecule has 1 aromatic carbocycles. The predicted molar refractivity (Wildman–Crippen MR) is 111 cm³/mol. The van der Waals surface area contributed by atoms with Gasteiger partial charge < -0.3 is 19.3 Å². The average molecular weight is 475 g/mol. The monoisotopic (exact) mass is 474 g/mol. The van der Waals surface area contributed by atoms with Gasteiger partial charge in [0.1, 0.15) is 12.4 Å². The number of nitrogens with zero attached hydrogens (tertiary/aromatic N) is 2. The summed E-state index contributed by atoms with van der Waals surface area (Å²) < 4.78 is 49.5. The smallest absolute Gasteiger partial charge is 0.416 e. The van der Waals surface area contributed by atoms with Gasteiger partial charge in [-0.05, 0) is 43.4 Å². The Hall–Kier alpha value is -2.00. The maximum Gasteiger partial charge on any atom is 0.416 e. The van der Waals surface area contributed by atoms with Gasteiger partial charge in [-0.15, -0.1) is 0 Å². The number of benzene rings is 1. The van der Waals surface area contributed by atoms with Gasteiger partial charge in [0, 0.05) is 38.5 Å². The third-order valence-electron chi connectivity index (χ3n) is 6.50. The molecule has 0 N–H and O–H groups in total. The van der Waals surface area contributed by atoms with E-state index in [9.17, 15) is 22.8 Å². The molecule has 176 valence electrons. The molecule has 0 bridgehead atoms. The van der Waals surface area contributed by atoms with E-state index in [1.165, 1.54) is 6.07 Å². The molecule has 4 rings (SSSR count). The number of amides is 2. The van der Waals surface area contributed by atoms with Crippen LogP contribution in [0.4, 0.5) is 18.0 Å². The zero-order chi connectivity index (χ0) is 22.9. The molecule has 0 spiro atoms. The zero-order valence-corrected chi connectivity index (χ0v) is 18.3. The quantitative estimate of drug-likeness (QED) is 0.657. The Balaban J connectivity index is 1.24. The fraction of sp³-hybridized carbons (Fsp3) is 0.636. The molecule has 0 saturated carbocycles. The van der Waals surface area contributed by atoms with Crippen LogP contribution in [0.15, 0.2) is 18.2 Å². The van der Waals surface area contributed by atoms with Crippen molar-refractivity contribution < 1.29 is 32.2 Å². The van der Waals surface area contributed by atoms with Crippen LogP contribution in [0.3, 0.4) is 0 Å². The first-order chi connectivity index (χ1) is 15.2. The van der Waals surface area contributed by atoms with Crippen LogP contribution in [0.1, 0.15) is 31.2 Å². The van der Waals surface area contributed by atoms with E-state index in [1.807, 2.05) is 9.80 Å². The lowest BCUT2D eigenvalue weighted by molar-refractivity contribution is -0.140. The van der Waals surface area contributed by atoms with E-state index in [1.54, 1.807) is 0 Å². The second-order valence-corrected chi connectivity index (χ2v) is 9.16. The zero-order valence-electron chi connectivity index (χ0n) is 17.6. The minimum absolute atomic E-state index is 0.00775. The predicted octanol–water partition coefficient (Wildman–Crippen LogP) is 4.25. The van der Waals surface area contributed by atoms with Gasteiger partial charge in [-0.25, -0.2) is 4.79 Å². The number of likely N-dealkylation sites (tertiary alicyclic amines) is 2. The van der Waals surface area contributed by atoms with Crippen molar-refractivity contribution in [2.75, 3.05) is 39.4 Å². The number of Topliss-reactive ketones (excluding diaryl/α,β-unsaturated/α-hetero) is 1. The van der Waals surface area contributed by atoms with Crippen molar-refractivity contribution >= 4 is 23.4 Å². The van der Waals surface area contributed by atoms with Crippen molar-refractivity contribution in [1.82, 2.24) is 9.80 Å². The summed E-state index contributed by atoms with van der Waals surface area (Å²) in [7, 11) is 0. The molecule has 3 heterocycles. The van der Waals surface area contributed by atoms with Crippen LogP contribution < -0.4 is 4.74 Å². The molecule has 0 aromatic heterocycles. The Morgan fingerprint density at radius 1 is 1.16 bits per heavy atom. The standard InChI is InChI=1S/C22H26ClF3N2O4/c23-18-10-16(22(24,25)26)1-2-20(18)31-12-14-3-6-27(7-4-14)21(30)28-8-5-19-15(11-28)9-17(29)13-32-19/h1-2,10,14-15,19H,3-9,11-13H2/t15-,19+/m1/s1. The first-order valence-electron chi connectivity index (χ1n) is 10.9. The Labute approximate surface area is 189 Å². The molecule has 0 aliphatic carbocycles. The summed E-state index contributed by atoms with van der Waals surface area (Å²) in [5.74, 6) is 0.584. The first kappa shape index (κ1) is 23.2. The molecule has 0 radical (unpaired) electrons. The Morgan fingerprint density at radius 2 is 1.88 bits per heavy atom. The van der Waals surface area contributed by atoms with Gasteiger partial charge in [0.15, 0.2) is 5.78 Å². The fourth-order valence-electron chi connectivity index (χ4n) is 4.64. The first-order valence-corrected chi connectivity index (χ1v) is 11.2. The number of fused-ring (bicyclic) bond motifs is 1. The maximum atomic E-state index is 12.9. The third-order valence-corrected chi connectivity index (χ3v) is 6.80. The van der Waals surface area contributed by atoms with E-state index in [4.69, 9.17) is 21.1 Å². The highest BCUT2D eigenvalue weighted by molar-refractivity contribution is 6.32. The summed E-state index contributed by atoms with van der Waals surface area (Å²) in [6.45, 7) is 2.87. The number of halogens is 4. The van der Waals surface area contributed by atoms with E-state index in [0.29, 0.717) is 39.2 Å². The van der Waals surface area contributed by atoms with E-state index in [0.717, 1.165) is 31.4 Å². The highest BCUT2D eigenvalue weighted by Gasteiger charge is 2.38. The lowest BCUT2D eigenvalue weighted by Gasteiger charge is -2.43. The number of hydrogen-bond acceptors (Lipinski definition) is 4. The van der Waals surface area contributed by atoms with Crippen molar-refractivity contribution in [2.24, 2.45) is 11.8 Å². The third kappa shape index (κ3) is 5.31. The summed E-state index contributed by atoms with van der Waals surface area (Å²) in [6.07, 6.45) is -1.67. The summed E-state index contributed by atoms with van der Waals surface area (Å²) >= 11 is 5.95. The lowest BCUT2D eigenvalue weighted by atomic mass is 9.88. The van der Waals surface area contributed by atoms with Crippen molar-refractivity contribution in [3.8, 4) is 5.75 Å². The second kappa shape index (κ2) is 9.47. The van der Waals surface area contributed by atoms with Gasteiger partial charge >= 0.3 is 12.2 Å². The van der Waals surface area contributed by atoms with Crippen molar-refractivity contribution in [2.45, 2.75) is 38.0 Å². The Bertz CT molecular complexity index is 858. The van der Waals surface area contributed by atoms with Crippen LogP contribution in [0.25, 0.3) is 0 Å². The minimum Gasteiger partial charge on any atom is -0.492 e. The SMILES string of the molecule is O=C1CO[C@H]2CCN(C(=O)N3CCC(COc4ccc(C(F)(F)F)cc4Cl)CC3)C[C@H]2C1. The summed E-state index contributed by atoms with van der Waals surface area (Å²) in [4.78, 5) is 28.3. The number of urea groups is 1. The highest BCUT2D eigenvalue weighted by Crippen LogP contribution is 2.35. The molecule has 0 unspecified atom stereocenters. The minimum atomic E-state index is -4.45. The molecule has 2 amide bonds. The van der Waals surface area contributed by atoms with E-state index in [-0.39, 0.29) is 47.1 Å². The molecular weight excluding hydrogens is 449 g/mol.